The monoisotopic (exact) mass is 395 g/mol. The van der Waals surface area contributed by atoms with Crippen LogP contribution in [0.15, 0.2) is 96.0 Å². The number of nitrogens with one attached hydrogen (secondary N) is 2. The van der Waals surface area contributed by atoms with Crippen molar-refractivity contribution in [3.63, 3.8) is 0 Å². The van der Waals surface area contributed by atoms with E-state index in [0.29, 0.717) is 0 Å². The van der Waals surface area contributed by atoms with E-state index >= 15 is 0 Å². The molecule has 0 atom stereocenters. The Morgan fingerprint density at radius 1 is 0.696 bits per heavy atom. The van der Waals surface area contributed by atoms with Crippen LogP contribution in [0.2, 0.25) is 0 Å². The van der Waals surface area contributed by atoms with E-state index < -0.39 is 8.25 Å². The van der Waals surface area contributed by atoms with Crippen LogP contribution in [0, 0.1) is 0 Å². The summed E-state index contributed by atoms with van der Waals surface area (Å²) in [5.41, 5.74) is 0. The Kier molecular flexibility index (Phi) is 15.0. The second-order valence-electron chi connectivity index (χ2n) is 3.67. The van der Waals surface area contributed by atoms with Crippen LogP contribution in [0.25, 0.3) is 0 Å². The molecule has 3 rings (SSSR count). The molecule has 3 aromatic rings. The highest BCUT2D eigenvalue weighted by molar-refractivity contribution is 9.10. The summed E-state index contributed by atoms with van der Waals surface area (Å²) in [5.74, 6) is 0. The third-order valence-electron chi connectivity index (χ3n) is 1.95. The highest BCUT2D eigenvalue weighted by Gasteiger charge is 1.74. The van der Waals surface area contributed by atoms with Crippen molar-refractivity contribution in [2.45, 2.75) is 0 Å². The van der Waals surface area contributed by atoms with Gasteiger partial charge in [-0.3, -0.25) is 0 Å². The van der Waals surface area contributed by atoms with Crippen molar-refractivity contribution < 1.29 is 24.3 Å². The number of aromatic nitrogens is 2. The number of aromatic amines is 2. The zero-order chi connectivity index (χ0) is 17.2. The lowest BCUT2D eigenvalue weighted by molar-refractivity contribution is -0.378. The van der Waals surface area contributed by atoms with Crippen molar-refractivity contribution in [2.24, 2.45) is 0 Å². The highest BCUT2D eigenvalue weighted by Crippen LogP contribution is 2.05. The maximum Gasteiger partial charge on any atom is 0.276 e. The van der Waals surface area contributed by atoms with Gasteiger partial charge in [0.2, 0.25) is 0 Å². The normalized spacial score (nSPS) is 7.96. The van der Waals surface area contributed by atoms with Crippen molar-refractivity contribution in [2.75, 3.05) is 0 Å². The van der Waals surface area contributed by atoms with E-state index in [-0.39, 0.29) is 0 Å². The first-order valence-electron chi connectivity index (χ1n) is 6.47. The molecule has 0 saturated heterocycles. The average Bonchev–Trinajstić information content (AvgIpc) is 2.59. The van der Waals surface area contributed by atoms with E-state index in [9.17, 15) is 0 Å². The number of pyridine rings is 2. The molecule has 2 aromatic heterocycles. The first-order chi connectivity index (χ1) is 11.1. The second-order valence-corrected chi connectivity index (χ2v) is 5.04. The lowest BCUT2D eigenvalue weighted by atomic mass is 10.4. The quantitative estimate of drug-likeness (QED) is 0.543. The molecule has 2 heterocycles. The third kappa shape index (κ3) is 20.0. The molecule has 120 valence electrons. The highest BCUT2D eigenvalue weighted by atomic mass is 79.9. The molecule has 7 heteroatoms. The molecule has 0 spiro atoms. The van der Waals surface area contributed by atoms with Crippen LogP contribution in [-0.2, 0) is 4.57 Å². The first-order valence-corrected chi connectivity index (χ1v) is 8.36. The Morgan fingerprint density at radius 3 is 1.13 bits per heavy atom. The Labute approximate surface area is 144 Å². The van der Waals surface area contributed by atoms with Gasteiger partial charge in [-0.05, 0) is 12.1 Å². The summed E-state index contributed by atoms with van der Waals surface area (Å²) in [4.78, 5) is 22.7. The molecule has 0 radical (unpaired) electrons. The Morgan fingerprint density at radius 2 is 1.00 bits per heavy atom. The molecule has 0 aliphatic carbocycles. The fourth-order valence-corrected chi connectivity index (χ4v) is 1.40. The van der Waals surface area contributed by atoms with Gasteiger partial charge in [-0.25, -0.2) is 9.97 Å². The molecule has 0 aliphatic heterocycles. The molecule has 0 saturated carbocycles. The third-order valence-corrected chi connectivity index (χ3v) is 2.48. The Balaban J connectivity index is 0.000000286. The summed E-state index contributed by atoms with van der Waals surface area (Å²) < 4.78 is 9.62. The molecular weight excluding hydrogens is 379 g/mol. The maximum atomic E-state index is 8.48. The molecule has 0 unspecified atom stereocenters. The smallest absolute Gasteiger partial charge is 0.276 e. The van der Waals surface area contributed by atoms with Crippen LogP contribution in [0.4, 0.5) is 0 Å². The molecule has 0 bridgehead atoms. The fraction of sp³-hybridized carbons (Fsp3) is 0. The number of hydrogen-bond acceptors (Lipinski definition) is 3. The van der Waals surface area contributed by atoms with Crippen LogP contribution >= 0.6 is 24.2 Å². The minimum Gasteiger partial charge on any atom is -0.598 e. The minimum absolute atomic E-state index is 1.13. The molecule has 0 amide bonds. The van der Waals surface area contributed by atoms with Crippen LogP contribution < -0.4 is 19.8 Å². The van der Waals surface area contributed by atoms with E-state index in [4.69, 9.17) is 14.4 Å². The summed E-state index contributed by atoms with van der Waals surface area (Å²) in [6, 6.07) is 21.7. The lowest BCUT2D eigenvalue weighted by Gasteiger charge is -1.80. The molecule has 23 heavy (non-hydrogen) atoms. The van der Waals surface area contributed by atoms with Gasteiger partial charge in [-0.2, -0.15) is 0 Å². The molecule has 2 N–H and O–H groups in total. The number of benzene rings is 1. The van der Waals surface area contributed by atoms with E-state index in [2.05, 4.69) is 25.9 Å². The maximum absolute atomic E-state index is 8.48. The number of halogens is 1. The molecule has 1 aromatic carbocycles. The van der Waals surface area contributed by atoms with Gasteiger partial charge in [-0.15, -0.1) is 0 Å². The molecule has 5 nitrogen and oxygen atoms in total. The standard InChI is InChI=1S/C6H5Br.2C5H5N.HO3P/c7-6-4-2-1-3-5-6;2*1-2-4-6-5-3-1;1-4(2)3/h1-5H;2*1-5H;(H,1,2,3)/p+1. The van der Waals surface area contributed by atoms with E-state index in [1.54, 1.807) is 0 Å². The van der Waals surface area contributed by atoms with Crippen molar-refractivity contribution >= 4 is 24.2 Å². The Bertz CT molecular complexity index is 513. The van der Waals surface area contributed by atoms with Gasteiger partial charge >= 0.3 is 0 Å². The van der Waals surface area contributed by atoms with Gasteiger partial charge < -0.3 is 9.79 Å². The van der Waals surface area contributed by atoms with Crippen LogP contribution in [-0.4, -0.2) is 0 Å². The summed E-state index contributed by atoms with van der Waals surface area (Å²) in [7, 11) is -3.37. The van der Waals surface area contributed by atoms with Crippen molar-refractivity contribution in [3.05, 3.63) is 96.0 Å². The van der Waals surface area contributed by atoms with Gasteiger partial charge in [0.15, 0.2) is 24.8 Å². The van der Waals surface area contributed by atoms with Gasteiger partial charge in [-0.1, -0.05) is 50.8 Å². The molecular formula is C16H17BrN2O3P+. The van der Waals surface area contributed by atoms with Gasteiger partial charge in [0.05, 0.1) is 0 Å². The van der Waals surface area contributed by atoms with Crippen molar-refractivity contribution in [3.8, 4) is 0 Å². The topological polar surface area (TPSA) is 91.5 Å². The fourth-order valence-electron chi connectivity index (χ4n) is 1.10. The zero-order valence-corrected chi connectivity index (χ0v) is 14.7. The summed E-state index contributed by atoms with van der Waals surface area (Å²) in [6.45, 7) is 0. The van der Waals surface area contributed by atoms with Crippen LogP contribution in [0.1, 0.15) is 0 Å². The minimum atomic E-state index is -3.37. The van der Waals surface area contributed by atoms with E-state index in [1.807, 2.05) is 91.5 Å². The zero-order valence-electron chi connectivity index (χ0n) is 12.2. The number of hydrogen-bond donors (Lipinski definition) is 0. The van der Waals surface area contributed by atoms with Gasteiger partial charge in [0.1, 0.15) is 0 Å². The van der Waals surface area contributed by atoms with Crippen molar-refractivity contribution in [1.82, 2.24) is 0 Å². The van der Waals surface area contributed by atoms with E-state index in [1.165, 1.54) is 0 Å². The number of H-pyrrole nitrogens is 2. The molecule has 0 aliphatic rings. The van der Waals surface area contributed by atoms with Gasteiger partial charge in [0.25, 0.3) is 8.25 Å². The summed E-state index contributed by atoms with van der Waals surface area (Å²) in [6.07, 6.45) is 7.50. The van der Waals surface area contributed by atoms with Crippen LogP contribution in [0.5, 0.6) is 0 Å². The van der Waals surface area contributed by atoms with E-state index in [0.717, 1.165) is 4.47 Å². The lowest BCUT2D eigenvalue weighted by Crippen LogP contribution is -1.97. The average molecular weight is 396 g/mol. The van der Waals surface area contributed by atoms with Gasteiger partial charge in [0, 0.05) is 28.7 Å². The molecule has 0 fully saturated rings. The predicted molar refractivity (Wildman–Crippen MR) is 87.7 cm³/mol. The Hall–Kier alpha value is -1.98. The summed E-state index contributed by atoms with van der Waals surface area (Å²) >= 11 is 3.31. The summed E-state index contributed by atoms with van der Waals surface area (Å²) in [5, 5.41) is 0. The predicted octanol–water partition coefficient (Wildman–Crippen LogP) is 1.81. The SMILES string of the molecule is Brc1ccccc1.O=[P+]([O-])[O-].c1cc[nH+]cc1.c1cc[nH+]cc1. The van der Waals surface area contributed by atoms with Crippen molar-refractivity contribution in [1.29, 1.82) is 0 Å². The van der Waals surface area contributed by atoms with Crippen LogP contribution in [0.3, 0.4) is 0 Å². The first kappa shape index (κ1) is 21.0. The largest absolute Gasteiger partial charge is 0.598 e. The number of rotatable bonds is 0. The second kappa shape index (κ2) is 16.4.